The molecule has 1 heterocycles. The van der Waals surface area contributed by atoms with Crippen LogP contribution in [0.4, 0.5) is 0 Å². The highest BCUT2D eigenvalue weighted by molar-refractivity contribution is 6.30. The van der Waals surface area contributed by atoms with Crippen LogP contribution in [0, 0.1) is 0 Å². The molecule has 0 fully saturated rings. The van der Waals surface area contributed by atoms with Crippen molar-refractivity contribution in [2.75, 3.05) is 0 Å². The Bertz CT molecular complexity index is 570. The number of fused-ring (bicyclic) bond motifs is 1. The first-order chi connectivity index (χ1) is 8.75. The number of aliphatic hydroxyl groups excluding tert-OH is 1. The van der Waals surface area contributed by atoms with Crippen LogP contribution in [0.5, 0.6) is 0 Å². The molecular weight excluding hydrogens is 246 g/mol. The van der Waals surface area contributed by atoms with E-state index in [0.717, 1.165) is 24.1 Å². The fourth-order valence-corrected chi connectivity index (χ4v) is 2.87. The molecule has 1 aromatic carbocycles. The summed E-state index contributed by atoms with van der Waals surface area (Å²) < 4.78 is 0. The van der Waals surface area contributed by atoms with Gasteiger partial charge in [0.15, 0.2) is 0 Å². The maximum atomic E-state index is 10.5. The van der Waals surface area contributed by atoms with Gasteiger partial charge in [0.2, 0.25) is 0 Å². The standard InChI is InChI=1S/C15H14ClNO/c16-12-5-1-3-11(9-12)15(18)13-7-6-10-4-2-8-17-14(10)13/h1-5,8-9,13,15,18H,6-7H2. The van der Waals surface area contributed by atoms with Crippen molar-refractivity contribution in [1.29, 1.82) is 0 Å². The van der Waals surface area contributed by atoms with E-state index in [0.29, 0.717) is 5.02 Å². The number of aromatic nitrogens is 1. The molecule has 0 aliphatic heterocycles. The number of nitrogens with zero attached hydrogens (tertiary/aromatic N) is 1. The lowest BCUT2D eigenvalue weighted by atomic mass is 9.93. The molecule has 0 radical (unpaired) electrons. The Hall–Kier alpha value is -1.38. The summed E-state index contributed by atoms with van der Waals surface area (Å²) in [5, 5.41) is 11.2. The fourth-order valence-electron chi connectivity index (χ4n) is 2.67. The topological polar surface area (TPSA) is 33.1 Å². The predicted octanol–water partition coefficient (Wildman–Crippen LogP) is 3.50. The van der Waals surface area contributed by atoms with Crippen LogP contribution in [0.3, 0.4) is 0 Å². The highest BCUT2D eigenvalue weighted by Crippen LogP contribution is 2.40. The third-order valence-electron chi connectivity index (χ3n) is 3.57. The molecule has 1 aliphatic carbocycles. The van der Waals surface area contributed by atoms with Gasteiger partial charge in [0.1, 0.15) is 0 Å². The van der Waals surface area contributed by atoms with Crippen molar-refractivity contribution in [3.8, 4) is 0 Å². The molecule has 3 rings (SSSR count). The van der Waals surface area contributed by atoms with Crippen molar-refractivity contribution >= 4 is 11.6 Å². The van der Waals surface area contributed by atoms with Crippen molar-refractivity contribution in [2.45, 2.75) is 24.9 Å². The first-order valence-electron chi connectivity index (χ1n) is 6.13. The van der Waals surface area contributed by atoms with Crippen LogP contribution >= 0.6 is 11.6 Å². The quantitative estimate of drug-likeness (QED) is 0.896. The first-order valence-corrected chi connectivity index (χ1v) is 6.51. The number of aryl methyl sites for hydroxylation is 1. The minimum absolute atomic E-state index is 0.0830. The Morgan fingerprint density at radius 3 is 3.00 bits per heavy atom. The largest absolute Gasteiger partial charge is 0.388 e. The molecule has 1 aromatic heterocycles. The van der Waals surface area contributed by atoms with Crippen LogP contribution in [0.1, 0.15) is 35.3 Å². The smallest absolute Gasteiger partial charge is 0.0874 e. The fraction of sp³-hybridized carbons (Fsp3) is 0.267. The monoisotopic (exact) mass is 259 g/mol. The Kier molecular flexibility index (Phi) is 3.06. The molecule has 2 unspecified atom stereocenters. The number of hydrogen-bond acceptors (Lipinski definition) is 2. The van der Waals surface area contributed by atoms with Gasteiger partial charge in [0.25, 0.3) is 0 Å². The van der Waals surface area contributed by atoms with E-state index in [4.69, 9.17) is 11.6 Å². The molecule has 18 heavy (non-hydrogen) atoms. The van der Waals surface area contributed by atoms with Crippen LogP contribution in [-0.4, -0.2) is 10.1 Å². The number of pyridine rings is 1. The Labute approximate surface area is 111 Å². The van der Waals surface area contributed by atoms with E-state index < -0.39 is 6.10 Å². The van der Waals surface area contributed by atoms with E-state index in [-0.39, 0.29) is 5.92 Å². The van der Waals surface area contributed by atoms with E-state index in [1.807, 2.05) is 30.3 Å². The van der Waals surface area contributed by atoms with Crippen molar-refractivity contribution in [3.05, 3.63) is 64.4 Å². The highest BCUT2D eigenvalue weighted by Gasteiger charge is 2.30. The van der Waals surface area contributed by atoms with Crippen molar-refractivity contribution in [3.63, 3.8) is 0 Å². The van der Waals surface area contributed by atoms with Crippen LogP contribution < -0.4 is 0 Å². The Morgan fingerprint density at radius 1 is 1.28 bits per heavy atom. The molecule has 3 heteroatoms. The van der Waals surface area contributed by atoms with Gasteiger partial charge in [-0.1, -0.05) is 29.8 Å². The first kappa shape index (κ1) is 11.7. The number of benzene rings is 1. The number of hydrogen-bond donors (Lipinski definition) is 1. The van der Waals surface area contributed by atoms with Gasteiger partial charge in [0, 0.05) is 22.8 Å². The zero-order valence-electron chi connectivity index (χ0n) is 9.88. The minimum Gasteiger partial charge on any atom is -0.388 e. The van der Waals surface area contributed by atoms with Gasteiger partial charge < -0.3 is 5.11 Å². The van der Waals surface area contributed by atoms with Gasteiger partial charge >= 0.3 is 0 Å². The van der Waals surface area contributed by atoms with Crippen molar-refractivity contribution in [1.82, 2.24) is 4.98 Å². The van der Waals surface area contributed by atoms with Crippen LogP contribution in [-0.2, 0) is 6.42 Å². The molecular formula is C15H14ClNO. The molecule has 1 N–H and O–H groups in total. The SMILES string of the molecule is OC(c1cccc(Cl)c1)C1CCc2cccnc21. The normalized spacial score (nSPS) is 19.6. The Morgan fingerprint density at radius 2 is 2.17 bits per heavy atom. The summed E-state index contributed by atoms with van der Waals surface area (Å²) in [5.74, 6) is 0.0830. The second-order valence-electron chi connectivity index (χ2n) is 4.69. The van der Waals surface area contributed by atoms with E-state index in [9.17, 15) is 5.11 Å². The van der Waals surface area contributed by atoms with Gasteiger partial charge in [-0.2, -0.15) is 0 Å². The van der Waals surface area contributed by atoms with Gasteiger partial charge in [0.05, 0.1) is 6.10 Å². The second kappa shape index (κ2) is 4.71. The molecule has 0 saturated carbocycles. The molecule has 0 saturated heterocycles. The van der Waals surface area contributed by atoms with Crippen molar-refractivity contribution < 1.29 is 5.11 Å². The van der Waals surface area contributed by atoms with Gasteiger partial charge in [-0.25, -0.2) is 0 Å². The predicted molar refractivity (Wildman–Crippen MR) is 71.7 cm³/mol. The molecule has 92 valence electrons. The molecule has 2 atom stereocenters. The number of rotatable bonds is 2. The van der Waals surface area contributed by atoms with Gasteiger partial charge in [-0.15, -0.1) is 0 Å². The summed E-state index contributed by atoms with van der Waals surface area (Å²) >= 11 is 5.97. The molecule has 0 spiro atoms. The maximum Gasteiger partial charge on any atom is 0.0874 e. The molecule has 2 aromatic rings. The summed E-state index contributed by atoms with van der Waals surface area (Å²) in [6, 6.07) is 11.5. The summed E-state index contributed by atoms with van der Waals surface area (Å²) in [6.07, 6.45) is 3.20. The molecule has 2 nitrogen and oxygen atoms in total. The minimum atomic E-state index is -0.528. The summed E-state index contributed by atoms with van der Waals surface area (Å²) in [5.41, 5.74) is 3.15. The van der Waals surface area contributed by atoms with E-state index in [1.54, 1.807) is 6.20 Å². The van der Waals surface area contributed by atoms with Crippen molar-refractivity contribution in [2.24, 2.45) is 0 Å². The summed E-state index contributed by atoms with van der Waals surface area (Å²) in [6.45, 7) is 0. The lowest BCUT2D eigenvalue weighted by Gasteiger charge is -2.18. The third kappa shape index (κ3) is 2.02. The zero-order chi connectivity index (χ0) is 12.5. The summed E-state index contributed by atoms with van der Waals surface area (Å²) in [4.78, 5) is 4.42. The second-order valence-corrected chi connectivity index (χ2v) is 5.13. The van der Waals surface area contributed by atoms with Gasteiger partial charge in [-0.05, 0) is 42.2 Å². The average Bonchev–Trinajstić information content (AvgIpc) is 2.82. The number of aliphatic hydroxyl groups is 1. The summed E-state index contributed by atoms with van der Waals surface area (Å²) in [7, 11) is 0. The highest BCUT2D eigenvalue weighted by atomic mass is 35.5. The van der Waals surface area contributed by atoms with Crippen LogP contribution in [0.25, 0.3) is 0 Å². The third-order valence-corrected chi connectivity index (χ3v) is 3.81. The lowest BCUT2D eigenvalue weighted by molar-refractivity contribution is 0.143. The lowest BCUT2D eigenvalue weighted by Crippen LogP contribution is -2.09. The van der Waals surface area contributed by atoms with Crippen LogP contribution in [0.2, 0.25) is 5.02 Å². The van der Waals surface area contributed by atoms with E-state index in [2.05, 4.69) is 11.1 Å². The van der Waals surface area contributed by atoms with Gasteiger partial charge in [-0.3, -0.25) is 4.98 Å². The molecule has 0 bridgehead atoms. The number of halogens is 1. The van der Waals surface area contributed by atoms with Crippen LogP contribution in [0.15, 0.2) is 42.6 Å². The molecule has 0 amide bonds. The zero-order valence-corrected chi connectivity index (χ0v) is 10.6. The van der Waals surface area contributed by atoms with E-state index >= 15 is 0 Å². The average molecular weight is 260 g/mol. The van der Waals surface area contributed by atoms with E-state index in [1.165, 1.54) is 5.56 Å². The Balaban J connectivity index is 1.93. The molecule has 1 aliphatic rings. The maximum absolute atomic E-state index is 10.5.